The quantitative estimate of drug-likeness (QED) is 0.870. The molecule has 0 radical (unpaired) electrons. The van der Waals surface area contributed by atoms with E-state index >= 15 is 0 Å². The van der Waals surface area contributed by atoms with Crippen LogP contribution in [0.3, 0.4) is 0 Å². The summed E-state index contributed by atoms with van der Waals surface area (Å²) in [7, 11) is 0. The molecule has 1 atom stereocenters. The van der Waals surface area contributed by atoms with Crippen LogP contribution in [0.1, 0.15) is 12.0 Å². The first-order valence-electron chi connectivity index (χ1n) is 6.37. The molecule has 0 unspecified atom stereocenters. The molecule has 0 aliphatic carbocycles. The summed E-state index contributed by atoms with van der Waals surface area (Å²) in [5.41, 5.74) is 6.66. The van der Waals surface area contributed by atoms with E-state index in [9.17, 15) is 4.79 Å². The average molecular weight is 248 g/mol. The van der Waals surface area contributed by atoms with E-state index < -0.39 is 0 Å². The summed E-state index contributed by atoms with van der Waals surface area (Å²) in [5, 5.41) is 0. The van der Waals surface area contributed by atoms with E-state index in [0.717, 1.165) is 30.8 Å². The molecule has 2 rings (SSSR count). The van der Waals surface area contributed by atoms with Gasteiger partial charge in [0.05, 0.1) is 0 Å². The Hall–Kier alpha value is -1.55. The first kappa shape index (κ1) is 12.9. The molecule has 1 amide bonds. The molecule has 1 heterocycles. The van der Waals surface area contributed by atoms with Gasteiger partial charge in [0.25, 0.3) is 5.91 Å². The molecule has 4 heteroatoms. The Morgan fingerprint density at radius 1 is 1.50 bits per heavy atom. The lowest BCUT2D eigenvalue weighted by Crippen LogP contribution is -2.33. The number of ether oxygens (including phenoxy) is 1. The van der Waals surface area contributed by atoms with Gasteiger partial charge in [0.1, 0.15) is 5.75 Å². The third-order valence-corrected chi connectivity index (χ3v) is 3.42. The Balaban J connectivity index is 1.84. The van der Waals surface area contributed by atoms with Crippen molar-refractivity contribution in [1.82, 2.24) is 4.90 Å². The third kappa shape index (κ3) is 3.01. The lowest BCUT2D eigenvalue weighted by Gasteiger charge is -2.17. The average Bonchev–Trinajstić information content (AvgIpc) is 2.86. The van der Waals surface area contributed by atoms with E-state index in [1.54, 1.807) is 0 Å². The minimum atomic E-state index is 0.0502. The monoisotopic (exact) mass is 248 g/mol. The van der Waals surface area contributed by atoms with Crippen molar-refractivity contribution in [2.24, 2.45) is 11.7 Å². The predicted molar refractivity (Wildman–Crippen MR) is 70.4 cm³/mol. The van der Waals surface area contributed by atoms with E-state index in [2.05, 4.69) is 0 Å². The highest BCUT2D eigenvalue weighted by Gasteiger charge is 2.25. The number of hydrogen-bond acceptors (Lipinski definition) is 3. The van der Waals surface area contributed by atoms with Crippen LogP contribution in [0.2, 0.25) is 0 Å². The molecular weight excluding hydrogens is 228 g/mol. The van der Waals surface area contributed by atoms with Gasteiger partial charge in [-0.05, 0) is 37.4 Å². The molecule has 18 heavy (non-hydrogen) atoms. The number of aryl methyl sites for hydroxylation is 1. The fourth-order valence-corrected chi connectivity index (χ4v) is 2.20. The number of hydrogen-bond donors (Lipinski definition) is 1. The van der Waals surface area contributed by atoms with Crippen LogP contribution in [0.5, 0.6) is 5.75 Å². The molecule has 2 N–H and O–H groups in total. The Kier molecular flexibility index (Phi) is 4.20. The van der Waals surface area contributed by atoms with Crippen LogP contribution in [0.15, 0.2) is 24.3 Å². The zero-order valence-corrected chi connectivity index (χ0v) is 10.8. The Morgan fingerprint density at radius 2 is 2.28 bits per heavy atom. The first-order valence-corrected chi connectivity index (χ1v) is 6.37. The van der Waals surface area contributed by atoms with Crippen molar-refractivity contribution in [1.29, 1.82) is 0 Å². The van der Waals surface area contributed by atoms with E-state index in [0.29, 0.717) is 12.5 Å². The Bertz CT molecular complexity index is 420. The summed E-state index contributed by atoms with van der Waals surface area (Å²) in [6.45, 7) is 4.31. The maximum atomic E-state index is 12.0. The maximum Gasteiger partial charge on any atom is 0.260 e. The number of likely N-dealkylation sites (tertiary alicyclic amines) is 1. The molecule has 0 saturated carbocycles. The van der Waals surface area contributed by atoms with Crippen molar-refractivity contribution >= 4 is 5.91 Å². The van der Waals surface area contributed by atoms with E-state index in [4.69, 9.17) is 10.5 Å². The van der Waals surface area contributed by atoms with Crippen molar-refractivity contribution in [3.63, 3.8) is 0 Å². The molecule has 0 spiro atoms. The molecule has 1 aliphatic rings. The van der Waals surface area contributed by atoms with Gasteiger partial charge in [0, 0.05) is 13.1 Å². The second-order valence-electron chi connectivity index (χ2n) is 4.78. The van der Waals surface area contributed by atoms with Gasteiger partial charge in [-0.15, -0.1) is 0 Å². The van der Waals surface area contributed by atoms with E-state index in [1.807, 2.05) is 36.1 Å². The van der Waals surface area contributed by atoms with Crippen LogP contribution in [-0.4, -0.2) is 37.0 Å². The highest BCUT2D eigenvalue weighted by molar-refractivity contribution is 5.78. The van der Waals surface area contributed by atoms with Gasteiger partial charge in [0.2, 0.25) is 0 Å². The summed E-state index contributed by atoms with van der Waals surface area (Å²) < 4.78 is 5.56. The fourth-order valence-electron chi connectivity index (χ4n) is 2.20. The molecule has 0 aromatic heterocycles. The predicted octanol–water partition coefficient (Wildman–Crippen LogP) is 1.18. The number of amides is 1. The van der Waals surface area contributed by atoms with E-state index in [1.165, 1.54) is 0 Å². The van der Waals surface area contributed by atoms with Gasteiger partial charge in [-0.3, -0.25) is 4.79 Å². The molecule has 4 nitrogen and oxygen atoms in total. The molecule has 98 valence electrons. The SMILES string of the molecule is Cc1ccccc1OCC(=O)N1CC[C@@H](CN)C1. The Labute approximate surface area is 108 Å². The van der Waals surface area contributed by atoms with Gasteiger partial charge in [-0.2, -0.15) is 0 Å². The minimum absolute atomic E-state index is 0.0502. The summed E-state index contributed by atoms with van der Waals surface area (Å²) >= 11 is 0. The number of rotatable bonds is 4. The summed E-state index contributed by atoms with van der Waals surface area (Å²) in [6.07, 6.45) is 1.01. The summed E-state index contributed by atoms with van der Waals surface area (Å²) in [6, 6.07) is 7.72. The molecule has 1 aliphatic heterocycles. The summed E-state index contributed by atoms with van der Waals surface area (Å²) in [5.74, 6) is 1.28. The van der Waals surface area contributed by atoms with Crippen LogP contribution in [0.25, 0.3) is 0 Å². The lowest BCUT2D eigenvalue weighted by molar-refractivity contribution is -0.132. The van der Waals surface area contributed by atoms with Gasteiger partial charge < -0.3 is 15.4 Å². The smallest absolute Gasteiger partial charge is 0.260 e. The fraction of sp³-hybridized carbons (Fsp3) is 0.500. The maximum absolute atomic E-state index is 12.0. The number of nitrogens with zero attached hydrogens (tertiary/aromatic N) is 1. The highest BCUT2D eigenvalue weighted by atomic mass is 16.5. The number of carbonyl (C=O) groups excluding carboxylic acids is 1. The summed E-state index contributed by atoms with van der Waals surface area (Å²) in [4.78, 5) is 13.8. The van der Waals surface area contributed by atoms with Crippen molar-refractivity contribution in [3.05, 3.63) is 29.8 Å². The van der Waals surface area contributed by atoms with E-state index in [-0.39, 0.29) is 12.5 Å². The van der Waals surface area contributed by atoms with Crippen LogP contribution >= 0.6 is 0 Å². The van der Waals surface area contributed by atoms with Crippen molar-refractivity contribution in [3.8, 4) is 5.75 Å². The molecule has 0 bridgehead atoms. The second kappa shape index (κ2) is 5.87. The number of nitrogens with two attached hydrogens (primary N) is 1. The first-order chi connectivity index (χ1) is 8.70. The molecule has 1 saturated heterocycles. The lowest BCUT2D eigenvalue weighted by atomic mass is 10.1. The van der Waals surface area contributed by atoms with Gasteiger partial charge in [-0.25, -0.2) is 0 Å². The molecule has 1 aromatic rings. The number of para-hydroxylation sites is 1. The topological polar surface area (TPSA) is 55.6 Å². The highest BCUT2D eigenvalue weighted by Crippen LogP contribution is 2.18. The normalized spacial score (nSPS) is 19.0. The Morgan fingerprint density at radius 3 is 2.94 bits per heavy atom. The minimum Gasteiger partial charge on any atom is -0.484 e. The number of carbonyl (C=O) groups is 1. The van der Waals surface area contributed by atoms with Crippen molar-refractivity contribution < 1.29 is 9.53 Å². The van der Waals surface area contributed by atoms with Crippen molar-refractivity contribution in [2.45, 2.75) is 13.3 Å². The molecule has 1 aromatic carbocycles. The molecule has 1 fully saturated rings. The van der Waals surface area contributed by atoms with Crippen LogP contribution in [-0.2, 0) is 4.79 Å². The zero-order chi connectivity index (χ0) is 13.0. The van der Waals surface area contributed by atoms with Gasteiger partial charge in [-0.1, -0.05) is 18.2 Å². The standard InChI is InChI=1S/C14H20N2O2/c1-11-4-2-3-5-13(11)18-10-14(17)16-7-6-12(8-15)9-16/h2-5,12H,6-10,15H2,1H3/t12-/m0/s1. The molecular formula is C14H20N2O2. The van der Waals surface area contributed by atoms with Crippen LogP contribution in [0, 0.1) is 12.8 Å². The third-order valence-electron chi connectivity index (χ3n) is 3.42. The van der Waals surface area contributed by atoms with Crippen LogP contribution in [0.4, 0.5) is 0 Å². The van der Waals surface area contributed by atoms with Gasteiger partial charge in [0.15, 0.2) is 6.61 Å². The zero-order valence-electron chi connectivity index (χ0n) is 10.8. The number of benzene rings is 1. The van der Waals surface area contributed by atoms with Crippen LogP contribution < -0.4 is 10.5 Å². The second-order valence-corrected chi connectivity index (χ2v) is 4.78. The van der Waals surface area contributed by atoms with Gasteiger partial charge >= 0.3 is 0 Å². The largest absolute Gasteiger partial charge is 0.484 e. The van der Waals surface area contributed by atoms with Crippen molar-refractivity contribution in [2.75, 3.05) is 26.2 Å².